The molecule has 0 fully saturated rings. The van der Waals surface area contributed by atoms with Crippen LogP contribution in [0.4, 0.5) is 5.82 Å². The minimum absolute atomic E-state index is 0.126. The van der Waals surface area contributed by atoms with Crippen molar-refractivity contribution in [3.8, 4) is 0 Å². The highest BCUT2D eigenvalue weighted by Gasteiger charge is 2.00. The summed E-state index contributed by atoms with van der Waals surface area (Å²) in [4.78, 5) is 23.3. The normalized spacial score (nSPS) is 10.3. The molecule has 0 aliphatic heterocycles. The van der Waals surface area contributed by atoms with E-state index in [0.29, 0.717) is 24.6 Å². The van der Waals surface area contributed by atoms with Gasteiger partial charge in [0, 0.05) is 23.6 Å². The summed E-state index contributed by atoms with van der Waals surface area (Å²) in [6.07, 6.45) is 2.51. The van der Waals surface area contributed by atoms with Crippen LogP contribution >= 0.6 is 11.3 Å². The van der Waals surface area contributed by atoms with Gasteiger partial charge in [0.15, 0.2) is 0 Å². The average Bonchev–Trinajstić information content (AvgIpc) is 2.78. The lowest BCUT2D eigenvalue weighted by Gasteiger charge is -2.04. The van der Waals surface area contributed by atoms with Crippen LogP contribution in [-0.4, -0.2) is 15.0 Å². The highest BCUT2D eigenvalue weighted by Crippen LogP contribution is 2.08. The Kier molecular flexibility index (Phi) is 3.31. The fourth-order valence-corrected chi connectivity index (χ4v) is 1.81. The van der Waals surface area contributed by atoms with Crippen molar-refractivity contribution in [2.24, 2.45) is 0 Å². The highest BCUT2D eigenvalue weighted by molar-refractivity contribution is 7.09. The largest absolute Gasteiger partial charge is 0.365 e. The lowest BCUT2D eigenvalue weighted by atomic mass is 10.4. The van der Waals surface area contributed by atoms with E-state index >= 15 is 0 Å². The van der Waals surface area contributed by atoms with Crippen molar-refractivity contribution >= 4 is 17.2 Å². The molecule has 16 heavy (non-hydrogen) atoms. The van der Waals surface area contributed by atoms with Crippen LogP contribution in [0.25, 0.3) is 0 Å². The maximum absolute atomic E-state index is 11.3. The minimum Gasteiger partial charge on any atom is -0.365 e. The molecule has 0 unspecified atom stereocenters. The number of aromatic nitrogens is 3. The summed E-state index contributed by atoms with van der Waals surface area (Å²) in [5.74, 6) is 1.30. The van der Waals surface area contributed by atoms with E-state index in [1.807, 2.05) is 6.92 Å². The smallest absolute Gasteiger partial charge is 0.252 e. The predicted molar refractivity (Wildman–Crippen MR) is 63.7 cm³/mol. The zero-order valence-corrected chi connectivity index (χ0v) is 9.67. The Balaban J connectivity index is 2.09. The minimum atomic E-state index is -0.126. The standard InChI is InChI=1S/C10H12N4OS/c1-2-8-13-9(3-10(15)14-8)12-5-7-4-11-6-16-7/h3-4,6H,2,5H2,1H3,(H2,12,13,14,15). The zero-order chi connectivity index (χ0) is 11.4. The van der Waals surface area contributed by atoms with Gasteiger partial charge in [-0.1, -0.05) is 6.92 Å². The van der Waals surface area contributed by atoms with E-state index in [1.165, 1.54) is 6.07 Å². The van der Waals surface area contributed by atoms with E-state index in [0.717, 1.165) is 4.88 Å². The Morgan fingerprint density at radius 1 is 1.56 bits per heavy atom. The molecule has 0 radical (unpaired) electrons. The SMILES string of the molecule is CCc1nc(NCc2cncs2)cc(=O)[nH]1. The molecule has 0 bridgehead atoms. The van der Waals surface area contributed by atoms with Crippen LogP contribution in [0.1, 0.15) is 17.6 Å². The molecule has 0 aliphatic rings. The van der Waals surface area contributed by atoms with Gasteiger partial charge in [-0.25, -0.2) is 4.98 Å². The quantitative estimate of drug-likeness (QED) is 0.841. The van der Waals surface area contributed by atoms with Crippen molar-refractivity contribution in [1.29, 1.82) is 0 Å². The molecule has 5 nitrogen and oxygen atoms in total. The van der Waals surface area contributed by atoms with Crippen molar-refractivity contribution in [2.75, 3.05) is 5.32 Å². The van der Waals surface area contributed by atoms with Crippen LogP contribution < -0.4 is 10.9 Å². The van der Waals surface area contributed by atoms with Crippen LogP contribution in [0.15, 0.2) is 22.6 Å². The number of thiazole rings is 1. The van der Waals surface area contributed by atoms with Gasteiger partial charge >= 0.3 is 0 Å². The van der Waals surface area contributed by atoms with E-state index < -0.39 is 0 Å². The third-order valence-corrected chi connectivity index (χ3v) is 2.83. The molecule has 0 spiro atoms. The van der Waals surface area contributed by atoms with Crippen LogP contribution in [0.3, 0.4) is 0 Å². The summed E-state index contributed by atoms with van der Waals surface area (Å²) in [6, 6.07) is 1.46. The molecule has 0 saturated carbocycles. The van der Waals surface area contributed by atoms with E-state index in [-0.39, 0.29) is 5.56 Å². The average molecular weight is 236 g/mol. The van der Waals surface area contributed by atoms with Crippen LogP contribution in [0.2, 0.25) is 0 Å². The van der Waals surface area contributed by atoms with E-state index in [2.05, 4.69) is 20.3 Å². The van der Waals surface area contributed by atoms with Crippen LogP contribution in [0, 0.1) is 0 Å². The molecule has 2 N–H and O–H groups in total. The van der Waals surface area contributed by atoms with Gasteiger partial charge in [0.1, 0.15) is 11.6 Å². The van der Waals surface area contributed by atoms with E-state index in [1.54, 1.807) is 23.0 Å². The molecule has 0 saturated heterocycles. The molecular formula is C10H12N4OS. The first-order chi connectivity index (χ1) is 7.78. The number of hydrogen-bond donors (Lipinski definition) is 2. The highest BCUT2D eigenvalue weighted by atomic mass is 32.1. The summed E-state index contributed by atoms with van der Waals surface area (Å²) in [5.41, 5.74) is 1.65. The first-order valence-electron chi connectivity index (χ1n) is 4.99. The van der Waals surface area contributed by atoms with Gasteiger partial charge in [-0.3, -0.25) is 9.78 Å². The van der Waals surface area contributed by atoms with Crippen LogP contribution in [0.5, 0.6) is 0 Å². The fraction of sp³-hybridized carbons (Fsp3) is 0.300. The molecule has 6 heteroatoms. The summed E-state index contributed by atoms with van der Waals surface area (Å²) in [5, 5.41) is 3.10. The second-order valence-electron chi connectivity index (χ2n) is 3.25. The number of H-pyrrole nitrogens is 1. The predicted octanol–water partition coefficient (Wildman–Crippen LogP) is 1.40. The Hall–Kier alpha value is -1.69. The maximum Gasteiger partial charge on any atom is 0.252 e. The molecule has 0 aliphatic carbocycles. The van der Waals surface area contributed by atoms with Crippen molar-refractivity contribution in [2.45, 2.75) is 19.9 Å². The number of nitrogens with zero attached hydrogens (tertiary/aromatic N) is 2. The molecule has 0 aromatic carbocycles. The lowest BCUT2D eigenvalue weighted by Crippen LogP contribution is -2.13. The van der Waals surface area contributed by atoms with Gasteiger partial charge in [0.2, 0.25) is 0 Å². The van der Waals surface area contributed by atoms with Crippen molar-refractivity contribution < 1.29 is 0 Å². The fourth-order valence-electron chi connectivity index (χ4n) is 1.27. The number of aromatic amines is 1. The third-order valence-electron chi connectivity index (χ3n) is 2.05. The van der Waals surface area contributed by atoms with Gasteiger partial charge in [-0.15, -0.1) is 11.3 Å². The third kappa shape index (κ3) is 2.66. The van der Waals surface area contributed by atoms with Gasteiger partial charge in [0.25, 0.3) is 5.56 Å². The van der Waals surface area contributed by atoms with Crippen LogP contribution in [-0.2, 0) is 13.0 Å². The molecule has 2 aromatic heterocycles. The molecule has 2 heterocycles. The Morgan fingerprint density at radius 2 is 2.44 bits per heavy atom. The molecule has 2 aromatic rings. The number of hydrogen-bond acceptors (Lipinski definition) is 5. The van der Waals surface area contributed by atoms with Gasteiger partial charge < -0.3 is 10.3 Å². The topological polar surface area (TPSA) is 70.7 Å². The van der Waals surface area contributed by atoms with Gasteiger partial charge in [-0.05, 0) is 0 Å². The summed E-state index contributed by atoms with van der Waals surface area (Å²) in [6.45, 7) is 2.59. The van der Waals surface area contributed by atoms with E-state index in [4.69, 9.17) is 0 Å². The summed E-state index contributed by atoms with van der Waals surface area (Å²) in [7, 11) is 0. The Bertz CT molecular complexity index is 506. The first-order valence-corrected chi connectivity index (χ1v) is 5.87. The summed E-state index contributed by atoms with van der Waals surface area (Å²) < 4.78 is 0. The van der Waals surface area contributed by atoms with Crippen molar-refractivity contribution in [1.82, 2.24) is 15.0 Å². The van der Waals surface area contributed by atoms with Gasteiger partial charge in [0.05, 0.1) is 12.1 Å². The maximum atomic E-state index is 11.3. The molecule has 0 atom stereocenters. The molecule has 84 valence electrons. The Labute approximate surface area is 96.6 Å². The first kappa shape index (κ1) is 10.8. The molecule has 0 amide bonds. The second-order valence-corrected chi connectivity index (χ2v) is 4.22. The number of aryl methyl sites for hydroxylation is 1. The zero-order valence-electron chi connectivity index (χ0n) is 8.86. The monoisotopic (exact) mass is 236 g/mol. The number of nitrogens with one attached hydrogen (secondary N) is 2. The number of rotatable bonds is 4. The van der Waals surface area contributed by atoms with Gasteiger partial charge in [-0.2, -0.15) is 0 Å². The summed E-state index contributed by atoms with van der Waals surface area (Å²) >= 11 is 1.57. The Morgan fingerprint density at radius 3 is 3.12 bits per heavy atom. The second kappa shape index (κ2) is 4.89. The molecular weight excluding hydrogens is 224 g/mol. The lowest BCUT2D eigenvalue weighted by molar-refractivity contribution is 0.915. The van der Waals surface area contributed by atoms with Crippen molar-refractivity contribution in [3.63, 3.8) is 0 Å². The molecule has 2 rings (SSSR count). The van der Waals surface area contributed by atoms with Crippen molar-refractivity contribution in [3.05, 3.63) is 38.8 Å². The number of anilines is 1. The van der Waals surface area contributed by atoms with E-state index in [9.17, 15) is 4.79 Å².